The van der Waals surface area contributed by atoms with Crippen LogP contribution < -0.4 is 5.43 Å². The Morgan fingerprint density at radius 1 is 1.32 bits per heavy atom. The number of rotatable bonds is 2. The summed E-state index contributed by atoms with van der Waals surface area (Å²) in [5, 5.41) is 0. The smallest absolute Gasteiger partial charge is 0.187 e. The molecule has 2 fully saturated rings. The van der Waals surface area contributed by atoms with E-state index in [-0.39, 0.29) is 5.43 Å². The molecule has 2 aliphatic heterocycles. The van der Waals surface area contributed by atoms with Gasteiger partial charge in [0.2, 0.25) is 0 Å². The summed E-state index contributed by atoms with van der Waals surface area (Å²) in [7, 11) is 0. The average molecular weight is 261 g/mol. The Bertz CT molecular complexity index is 523. The predicted octanol–water partition coefficient (Wildman–Crippen LogP) is 1.27. The number of piperazine rings is 1. The highest BCUT2D eigenvalue weighted by Gasteiger charge is 2.30. The second-order valence-electron chi connectivity index (χ2n) is 5.97. The number of aryl methyl sites for hydroxylation is 1. The van der Waals surface area contributed by atoms with Gasteiger partial charge in [0.1, 0.15) is 0 Å². The highest BCUT2D eigenvalue weighted by molar-refractivity contribution is 5.23. The normalized spacial score (nSPS) is 24.6. The molecule has 0 unspecified atom stereocenters. The molecule has 0 saturated carbocycles. The Morgan fingerprint density at radius 2 is 2.16 bits per heavy atom. The molecule has 19 heavy (non-hydrogen) atoms. The number of hydrogen-bond acceptors (Lipinski definition) is 3. The molecule has 3 heterocycles. The maximum Gasteiger partial charge on any atom is 0.187 e. The number of hydrogen-bond donors (Lipinski definition) is 1. The lowest BCUT2D eigenvalue weighted by Crippen LogP contribution is -2.49. The molecule has 1 aromatic rings. The van der Waals surface area contributed by atoms with Crippen molar-refractivity contribution in [2.24, 2.45) is 0 Å². The van der Waals surface area contributed by atoms with Gasteiger partial charge in [-0.05, 0) is 33.2 Å². The van der Waals surface area contributed by atoms with Crippen molar-refractivity contribution < 1.29 is 0 Å². The number of H-pyrrole nitrogens is 1. The van der Waals surface area contributed by atoms with Gasteiger partial charge in [-0.3, -0.25) is 14.6 Å². The molecule has 0 aliphatic carbocycles. The van der Waals surface area contributed by atoms with Crippen molar-refractivity contribution in [3.05, 3.63) is 33.2 Å². The quantitative estimate of drug-likeness (QED) is 0.871. The third kappa shape index (κ3) is 2.47. The van der Waals surface area contributed by atoms with Gasteiger partial charge in [-0.15, -0.1) is 0 Å². The minimum absolute atomic E-state index is 0.188. The highest BCUT2D eigenvalue weighted by atomic mass is 16.1. The molecule has 1 aromatic heterocycles. The van der Waals surface area contributed by atoms with Gasteiger partial charge in [0.25, 0.3) is 0 Å². The fourth-order valence-electron chi connectivity index (χ4n) is 3.39. The Hall–Kier alpha value is -1.13. The van der Waals surface area contributed by atoms with Gasteiger partial charge < -0.3 is 4.98 Å². The summed E-state index contributed by atoms with van der Waals surface area (Å²) in [4.78, 5) is 20.4. The molecular weight excluding hydrogens is 238 g/mol. The molecule has 104 valence electrons. The van der Waals surface area contributed by atoms with Gasteiger partial charge in [-0.1, -0.05) is 0 Å². The van der Waals surface area contributed by atoms with E-state index < -0.39 is 0 Å². The van der Waals surface area contributed by atoms with Crippen LogP contribution in [0.5, 0.6) is 0 Å². The summed E-state index contributed by atoms with van der Waals surface area (Å²) in [5.41, 5.74) is 2.96. The maximum atomic E-state index is 12.0. The minimum Gasteiger partial charge on any atom is -0.363 e. The molecule has 0 aromatic carbocycles. The van der Waals surface area contributed by atoms with E-state index in [1.54, 1.807) is 0 Å². The largest absolute Gasteiger partial charge is 0.363 e. The number of aromatic nitrogens is 1. The van der Waals surface area contributed by atoms with Crippen LogP contribution in [0, 0.1) is 13.8 Å². The molecule has 0 bridgehead atoms. The van der Waals surface area contributed by atoms with Crippen molar-refractivity contribution in [3.63, 3.8) is 0 Å². The van der Waals surface area contributed by atoms with E-state index in [2.05, 4.69) is 14.8 Å². The van der Waals surface area contributed by atoms with Crippen molar-refractivity contribution in [2.75, 3.05) is 26.2 Å². The second-order valence-corrected chi connectivity index (χ2v) is 5.97. The van der Waals surface area contributed by atoms with Gasteiger partial charge in [-0.25, -0.2) is 0 Å². The fourth-order valence-corrected chi connectivity index (χ4v) is 3.39. The average Bonchev–Trinajstić information content (AvgIpc) is 2.87. The Morgan fingerprint density at radius 3 is 3.00 bits per heavy atom. The van der Waals surface area contributed by atoms with Crippen LogP contribution in [-0.4, -0.2) is 47.0 Å². The summed E-state index contributed by atoms with van der Waals surface area (Å²) in [6.07, 6.45) is 4.52. The van der Waals surface area contributed by atoms with E-state index in [0.29, 0.717) is 0 Å². The predicted molar refractivity (Wildman–Crippen MR) is 76.4 cm³/mol. The fraction of sp³-hybridized carbons (Fsp3) is 0.667. The van der Waals surface area contributed by atoms with Gasteiger partial charge in [-0.2, -0.15) is 0 Å². The summed E-state index contributed by atoms with van der Waals surface area (Å²) in [6.45, 7) is 9.41. The van der Waals surface area contributed by atoms with Crippen LogP contribution in [0.15, 0.2) is 11.0 Å². The van der Waals surface area contributed by atoms with Crippen LogP contribution in [-0.2, 0) is 6.54 Å². The lowest BCUT2D eigenvalue weighted by Gasteiger charge is -2.37. The minimum atomic E-state index is 0.188. The van der Waals surface area contributed by atoms with Crippen LogP contribution in [0.4, 0.5) is 0 Å². The SMILES string of the molecule is Cc1c[nH]c(CN2CCN3CCC[C@@H]3C2)c(C)c1=O. The number of aromatic amines is 1. The molecule has 2 aliphatic rings. The van der Waals surface area contributed by atoms with Gasteiger partial charge in [0.15, 0.2) is 5.43 Å². The summed E-state index contributed by atoms with van der Waals surface area (Å²) < 4.78 is 0. The molecule has 4 heteroatoms. The summed E-state index contributed by atoms with van der Waals surface area (Å²) in [6, 6.07) is 0.742. The summed E-state index contributed by atoms with van der Waals surface area (Å²) >= 11 is 0. The van der Waals surface area contributed by atoms with E-state index in [4.69, 9.17) is 0 Å². The van der Waals surface area contributed by atoms with Crippen molar-refractivity contribution in [2.45, 2.75) is 39.3 Å². The Labute approximate surface area is 114 Å². The number of pyridine rings is 1. The maximum absolute atomic E-state index is 12.0. The lowest BCUT2D eigenvalue weighted by molar-refractivity contribution is 0.0983. The zero-order chi connectivity index (χ0) is 13.4. The van der Waals surface area contributed by atoms with Gasteiger partial charge in [0, 0.05) is 55.2 Å². The molecular formula is C15H23N3O. The first-order valence-corrected chi connectivity index (χ1v) is 7.29. The molecule has 2 saturated heterocycles. The standard InChI is InChI=1S/C15H23N3O/c1-11-8-16-14(12(2)15(11)19)10-17-6-7-18-5-3-4-13(18)9-17/h8,13H,3-7,9-10H2,1-2H3,(H,16,19)/t13-/m1/s1. The topological polar surface area (TPSA) is 39.3 Å². The van der Waals surface area contributed by atoms with E-state index in [1.807, 2.05) is 20.0 Å². The lowest BCUT2D eigenvalue weighted by atomic mass is 10.1. The Balaban J connectivity index is 1.72. The van der Waals surface area contributed by atoms with Crippen LogP contribution >= 0.6 is 0 Å². The molecule has 0 spiro atoms. The van der Waals surface area contributed by atoms with Crippen LogP contribution in [0.25, 0.3) is 0 Å². The van der Waals surface area contributed by atoms with Crippen molar-refractivity contribution in [1.29, 1.82) is 0 Å². The molecule has 1 N–H and O–H groups in total. The van der Waals surface area contributed by atoms with E-state index in [0.717, 1.165) is 42.5 Å². The van der Waals surface area contributed by atoms with Crippen molar-refractivity contribution in [3.8, 4) is 0 Å². The number of fused-ring (bicyclic) bond motifs is 1. The van der Waals surface area contributed by atoms with Gasteiger partial charge in [0.05, 0.1) is 0 Å². The van der Waals surface area contributed by atoms with Crippen molar-refractivity contribution >= 4 is 0 Å². The summed E-state index contributed by atoms with van der Waals surface area (Å²) in [5.74, 6) is 0. The third-order valence-corrected chi connectivity index (χ3v) is 4.67. The molecule has 4 nitrogen and oxygen atoms in total. The molecule has 0 amide bonds. The van der Waals surface area contributed by atoms with E-state index >= 15 is 0 Å². The van der Waals surface area contributed by atoms with Crippen LogP contribution in [0.2, 0.25) is 0 Å². The molecule has 0 radical (unpaired) electrons. The first-order valence-electron chi connectivity index (χ1n) is 7.29. The van der Waals surface area contributed by atoms with Crippen LogP contribution in [0.1, 0.15) is 29.7 Å². The molecule has 3 rings (SSSR count). The van der Waals surface area contributed by atoms with Gasteiger partial charge >= 0.3 is 0 Å². The monoisotopic (exact) mass is 261 g/mol. The van der Waals surface area contributed by atoms with Crippen LogP contribution in [0.3, 0.4) is 0 Å². The first-order chi connectivity index (χ1) is 9.15. The zero-order valence-electron chi connectivity index (χ0n) is 11.9. The Kier molecular flexibility index (Phi) is 3.46. The highest BCUT2D eigenvalue weighted by Crippen LogP contribution is 2.22. The van der Waals surface area contributed by atoms with E-state index in [9.17, 15) is 4.79 Å². The number of nitrogens with zero attached hydrogens (tertiary/aromatic N) is 2. The van der Waals surface area contributed by atoms with Crippen molar-refractivity contribution in [1.82, 2.24) is 14.8 Å². The zero-order valence-corrected chi connectivity index (χ0v) is 11.9. The third-order valence-electron chi connectivity index (χ3n) is 4.67. The molecule has 1 atom stereocenters. The first kappa shape index (κ1) is 12.9. The number of nitrogens with one attached hydrogen (secondary N) is 1. The second kappa shape index (κ2) is 5.10. The van der Waals surface area contributed by atoms with E-state index in [1.165, 1.54) is 25.9 Å².